The molecule has 3 heterocycles. The molecule has 8 heteroatoms. The van der Waals surface area contributed by atoms with E-state index in [0.717, 1.165) is 41.7 Å². The zero-order chi connectivity index (χ0) is 31.2. The minimum Gasteiger partial charge on any atom is -0.392 e. The van der Waals surface area contributed by atoms with Gasteiger partial charge in [-0.15, -0.1) is 0 Å². The number of benzene rings is 3. The van der Waals surface area contributed by atoms with Crippen LogP contribution in [-0.4, -0.2) is 51.1 Å². The summed E-state index contributed by atoms with van der Waals surface area (Å²) in [5.74, 6) is -0.315. The molecule has 7 rings (SSSR count). The summed E-state index contributed by atoms with van der Waals surface area (Å²) in [5, 5.41) is 12.5. The Morgan fingerprint density at radius 3 is 2.44 bits per heavy atom. The predicted octanol–water partition coefficient (Wildman–Crippen LogP) is 6.82. The van der Waals surface area contributed by atoms with Crippen LogP contribution in [0.1, 0.15) is 86.0 Å². The van der Waals surface area contributed by atoms with Crippen LogP contribution in [0.25, 0.3) is 11.0 Å². The quantitative estimate of drug-likeness (QED) is 0.238. The first-order valence-corrected chi connectivity index (χ1v) is 16.0. The molecule has 1 amide bonds. The number of fused-ring (bicyclic) bond motifs is 3. The van der Waals surface area contributed by atoms with Crippen molar-refractivity contribution < 1.29 is 19.4 Å². The van der Waals surface area contributed by atoms with Gasteiger partial charge in [0.25, 0.3) is 5.91 Å². The second-order valence-corrected chi connectivity index (χ2v) is 14.3. The molecule has 1 saturated carbocycles. The van der Waals surface area contributed by atoms with Crippen molar-refractivity contribution in [3.8, 4) is 0 Å². The van der Waals surface area contributed by atoms with Gasteiger partial charge < -0.3 is 19.9 Å². The fourth-order valence-electron chi connectivity index (χ4n) is 8.07. The molecular formula is C37H42N4O4. The van der Waals surface area contributed by atoms with Crippen molar-refractivity contribution in [1.82, 2.24) is 14.9 Å². The Kier molecular flexibility index (Phi) is 7.94. The van der Waals surface area contributed by atoms with Gasteiger partial charge in [0, 0.05) is 36.8 Å². The first kappa shape index (κ1) is 30.0. The first-order chi connectivity index (χ1) is 21.6. The van der Waals surface area contributed by atoms with E-state index >= 15 is 0 Å². The lowest BCUT2D eigenvalue weighted by atomic mass is 9.65. The van der Waals surface area contributed by atoms with Gasteiger partial charge in [0.2, 0.25) is 0 Å². The molecule has 3 aromatic carbocycles. The maximum Gasteiger partial charge on any atom is 0.275 e. The number of carbonyl (C=O) groups excluding carboxylic acids is 1. The number of ether oxygens (including phenoxy) is 2. The molecule has 45 heavy (non-hydrogen) atoms. The summed E-state index contributed by atoms with van der Waals surface area (Å²) >= 11 is 0. The lowest BCUT2D eigenvalue weighted by Gasteiger charge is -2.41. The van der Waals surface area contributed by atoms with Crippen LogP contribution in [0.15, 0.2) is 79.0 Å². The number of anilines is 1. The van der Waals surface area contributed by atoms with E-state index in [-0.39, 0.29) is 30.4 Å². The number of amides is 1. The Labute approximate surface area is 264 Å². The number of rotatable bonds is 7. The van der Waals surface area contributed by atoms with Crippen molar-refractivity contribution in [2.75, 3.05) is 18.4 Å². The average molecular weight is 607 g/mol. The van der Waals surface area contributed by atoms with Crippen molar-refractivity contribution in [3.63, 3.8) is 0 Å². The van der Waals surface area contributed by atoms with E-state index in [1.54, 1.807) is 0 Å². The van der Waals surface area contributed by atoms with Gasteiger partial charge in [-0.25, -0.2) is 4.98 Å². The number of hydrogen-bond donors (Lipinski definition) is 2. The first-order valence-electron chi connectivity index (χ1n) is 16.0. The Hall–Kier alpha value is -3.69. The zero-order valence-electron chi connectivity index (χ0n) is 26.3. The number of hydrogen-bond acceptors (Lipinski definition) is 7. The highest BCUT2D eigenvalue weighted by Gasteiger charge is 2.50. The van der Waals surface area contributed by atoms with E-state index in [2.05, 4.69) is 53.1 Å². The fraction of sp³-hybridized carbons (Fsp3) is 0.432. The molecule has 1 aromatic heterocycles. The lowest BCUT2D eigenvalue weighted by molar-refractivity contribution is -0.253. The number of nitrogens with one attached hydrogen (secondary N) is 1. The van der Waals surface area contributed by atoms with Crippen molar-refractivity contribution in [2.24, 2.45) is 10.8 Å². The number of para-hydroxylation sites is 2. The molecule has 2 aliphatic heterocycles. The van der Waals surface area contributed by atoms with Gasteiger partial charge in [-0.3, -0.25) is 14.7 Å². The molecule has 0 radical (unpaired) electrons. The van der Waals surface area contributed by atoms with E-state index in [9.17, 15) is 9.90 Å². The minimum atomic E-state index is -0.545. The van der Waals surface area contributed by atoms with Crippen LogP contribution in [-0.2, 0) is 16.1 Å². The van der Waals surface area contributed by atoms with E-state index in [1.165, 1.54) is 25.5 Å². The number of likely N-dealkylation sites (tertiary alicyclic amines) is 1. The Morgan fingerprint density at radius 2 is 1.69 bits per heavy atom. The van der Waals surface area contributed by atoms with Crippen LogP contribution < -0.4 is 5.32 Å². The molecule has 1 aliphatic carbocycles. The van der Waals surface area contributed by atoms with Crippen molar-refractivity contribution in [2.45, 2.75) is 77.6 Å². The van der Waals surface area contributed by atoms with E-state index < -0.39 is 6.29 Å². The van der Waals surface area contributed by atoms with Crippen LogP contribution in [0.4, 0.5) is 5.69 Å². The Balaban J connectivity index is 1.08. The number of aromatic nitrogens is 2. The van der Waals surface area contributed by atoms with Crippen molar-refractivity contribution in [1.29, 1.82) is 0 Å². The third-order valence-electron chi connectivity index (χ3n) is 9.70. The zero-order valence-corrected chi connectivity index (χ0v) is 26.3. The Bertz CT molecular complexity index is 1670. The highest BCUT2D eigenvalue weighted by atomic mass is 16.7. The van der Waals surface area contributed by atoms with Crippen LogP contribution in [0.3, 0.4) is 0 Å². The van der Waals surface area contributed by atoms with Gasteiger partial charge in [0.05, 0.1) is 36.0 Å². The average Bonchev–Trinajstić information content (AvgIpc) is 3.27. The fourth-order valence-corrected chi connectivity index (χ4v) is 8.07. The van der Waals surface area contributed by atoms with Crippen LogP contribution >= 0.6 is 0 Å². The van der Waals surface area contributed by atoms with Gasteiger partial charge in [-0.2, -0.15) is 0 Å². The molecular weight excluding hydrogens is 564 g/mol. The molecule has 2 N–H and O–H groups in total. The molecule has 3 fully saturated rings. The monoisotopic (exact) mass is 606 g/mol. The van der Waals surface area contributed by atoms with Crippen LogP contribution in [0.2, 0.25) is 0 Å². The largest absolute Gasteiger partial charge is 0.392 e. The van der Waals surface area contributed by atoms with E-state index in [4.69, 9.17) is 9.47 Å². The molecule has 0 spiro atoms. The Morgan fingerprint density at radius 1 is 0.956 bits per heavy atom. The molecule has 8 nitrogen and oxygen atoms in total. The number of carbonyl (C=O) groups is 1. The second-order valence-electron chi connectivity index (χ2n) is 14.3. The summed E-state index contributed by atoms with van der Waals surface area (Å²) in [6.45, 7) is 9.28. The molecule has 3 aliphatic rings. The highest BCUT2D eigenvalue weighted by molar-refractivity contribution is 6.03. The summed E-state index contributed by atoms with van der Waals surface area (Å²) < 4.78 is 13.3. The molecule has 234 valence electrons. The van der Waals surface area contributed by atoms with Gasteiger partial charge in [0.1, 0.15) is 5.69 Å². The second kappa shape index (κ2) is 11.9. The summed E-state index contributed by atoms with van der Waals surface area (Å²) in [7, 11) is 0. The smallest absolute Gasteiger partial charge is 0.275 e. The maximum absolute atomic E-state index is 13.0. The van der Waals surface area contributed by atoms with Crippen LogP contribution in [0, 0.1) is 10.8 Å². The molecule has 5 atom stereocenters. The minimum absolute atomic E-state index is 0.00295. The van der Waals surface area contributed by atoms with Gasteiger partial charge >= 0.3 is 0 Å². The highest BCUT2D eigenvalue weighted by Crippen LogP contribution is 2.53. The topological polar surface area (TPSA) is 96.8 Å². The number of nitrogens with zero attached hydrogens (tertiary/aromatic N) is 3. The lowest BCUT2D eigenvalue weighted by Crippen LogP contribution is -2.42. The third-order valence-corrected chi connectivity index (χ3v) is 9.70. The molecule has 4 aromatic rings. The number of aliphatic hydroxyl groups excluding tert-OH is 1. The van der Waals surface area contributed by atoms with Gasteiger partial charge in [-0.05, 0) is 65.5 Å². The SMILES string of the molecule is CC1(C)CC2CC(C)(CN2C[C@H]2C[C@@H](c3ccc(CO)cc3)O[C@@H](c3ccc(NC(=O)c4cnc5ccccc5n4)cc3)O2)C1. The summed E-state index contributed by atoms with van der Waals surface area (Å²) in [5.41, 5.74) is 5.92. The van der Waals surface area contributed by atoms with Crippen molar-refractivity contribution in [3.05, 3.63) is 101 Å². The maximum atomic E-state index is 13.0. The standard InChI is InChI=1S/C37H42N4O4/c1-36(2)17-28-18-37(3,22-36)23-41(28)20-29-16-33(25-10-8-24(21-42)9-11-25)45-35(44-29)26-12-14-27(15-13-26)39-34(43)32-19-38-30-6-4-5-7-31(30)40-32/h4-15,19,28-29,33,35,42H,16-18,20-23H2,1-3H3,(H,39,43)/t28?,29-,33+,35+,37?/m1/s1. The van der Waals surface area contributed by atoms with E-state index in [0.29, 0.717) is 28.1 Å². The number of aliphatic hydroxyl groups is 1. The van der Waals surface area contributed by atoms with Crippen molar-refractivity contribution >= 4 is 22.6 Å². The molecule has 2 saturated heterocycles. The van der Waals surface area contributed by atoms with Gasteiger partial charge in [-0.1, -0.05) is 69.3 Å². The normalized spacial score (nSPS) is 27.8. The third kappa shape index (κ3) is 6.51. The molecule has 2 unspecified atom stereocenters. The molecule has 2 bridgehead atoms. The summed E-state index contributed by atoms with van der Waals surface area (Å²) in [4.78, 5) is 24.4. The van der Waals surface area contributed by atoms with Crippen LogP contribution in [0.5, 0.6) is 0 Å². The van der Waals surface area contributed by atoms with Gasteiger partial charge in [0.15, 0.2) is 6.29 Å². The summed E-state index contributed by atoms with van der Waals surface area (Å²) in [6.07, 6.45) is 5.32. The predicted molar refractivity (Wildman–Crippen MR) is 173 cm³/mol. The van der Waals surface area contributed by atoms with E-state index in [1.807, 2.05) is 60.7 Å². The summed E-state index contributed by atoms with van der Waals surface area (Å²) in [6, 6.07) is 23.7.